The Balaban J connectivity index is 1.73. The van der Waals surface area contributed by atoms with Crippen molar-refractivity contribution in [3.8, 4) is 0 Å². The summed E-state index contributed by atoms with van der Waals surface area (Å²) in [7, 11) is 0. The Hall–Kier alpha value is -2.82. The van der Waals surface area contributed by atoms with E-state index in [1.165, 1.54) is 5.56 Å². The number of aryl methyl sites for hydroxylation is 1. The van der Waals surface area contributed by atoms with E-state index in [2.05, 4.69) is 47.6 Å². The van der Waals surface area contributed by atoms with E-state index < -0.39 is 0 Å². The van der Waals surface area contributed by atoms with Gasteiger partial charge in [-0.15, -0.1) is 0 Å². The van der Waals surface area contributed by atoms with Crippen molar-refractivity contribution in [2.24, 2.45) is 0 Å². The van der Waals surface area contributed by atoms with E-state index in [1.54, 1.807) is 24.3 Å². The van der Waals surface area contributed by atoms with Crippen molar-refractivity contribution in [2.75, 3.05) is 31.1 Å². The normalized spacial score (nSPS) is 10.2. The highest BCUT2D eigenvalue weighted by Crippen LogP contribution is 2.14. The van der Waals surface area contributed by atoms with Gasteiger partial charge in [0.25, 0.3) is 5.91 Å². The van der Waals surface area contributed by atoms with Gasteiger partial charge in [-0.1, -0.05) is 30.3 Å². The molecular weight excluding hydrogens is 314 g/mol. The molecule has 5 heteroatoms. The minimum Gasteiger partial charge on any atom is -0.370 e. The maximum absolute atomic E-state index is 11.9. The van der Waals surface area contributed by atoms with Crippen molar-refractivity contribution in [3.63, 3.8) is 0 Å². The predicted molar refractivity (Wildman–Crippen MR) is 101 cm³/mol. The van der Waals surface area contributed by atoms with Crippen molar-refractivity contribution >= 4 is 17.5 Å². The summed E-state index contributed by atoms with van der Waals surface area (Å²) in [5.41, 5.74) is 2.91. The quantitative estimate of drug-likeness (QED) is 0.776. The molecule has 0 unspecified atom stereocenters. The first-order valence-corrected chi connectivity index (χ1v) is 8.51. The number of carbonyl (C=O) groups excluding carboxylic acids is 2. The zero-order valence-electron chi connectivity index (χ0n) is 14.8. The third-order valence-electron chi connectivity index (χ3n) is 3.90. The van der Waals surface area contributed by atoms with Crippen LogP contribution in [0.5, 0.6) is 0 Å². The Labute approximate surface area is 149 Å². The van der Waals surface area contributed by atoms with E-state index in [4.69, 9.17) is 0 Å². The van der Waals surface area contributed by atoms with Gasteiger partial charge in [0.15, 0.2) is 0 Å². The molecule has 0 saturated heterocycles. The van der Waals surface area contributed by atoms with E-state index in [1.807, 2.05) is 12.1 Å². The molecule has 2 aromatic carbocycles. The Kier molecular flexibility index (Phi) is 7.01. The molecule has 25 heavy (non-hydrogen) atoms. The molecule has 0 bridgehead atoms. The Morgan fingerprint density at radius 2 is 1.76 bits per heavy atom. The van der Waals surface area contributed by atoms with E-state index >= 15 is 0 Å². The van der Waals surface area contributed by atoms with Crippen molar-refractivity contribution < 1.29 is 9.59 Å². The summed E-state index contributed by atoms with van der Waals surface area (Å²) in [6, 6.07) is 17.2. The van der Waals surface area contributed by atoms with E-state index in [-0.39, 0.29) is 18.4 Å². The molecule has 0 saturated carbocycles. The summed E-state index contributed by atoms with van der Waals surface area (Å²) in [6.07, 6.45) is 0. The number of benzene rings is 2. The number of amides is 2. The van der Waals surface area contributed by atoms with E-state index in [0.29, 0.717) is 12.1 Å². The minimum absolute atomic E-state index is 0.0235. The lowest BCUT2D eigenvalue weighted by atomic mass is 10.2. The maximum atomic E-state index is 11.9. The van der Waals surface area contributed by atoms with Crippen molar-refractivity contribution in [1.82, 2.24) is 10.6 Å². The van der Waals surface area contributed by atoms with Gasteiger partial charge in [-0.2, -0.15) is 0 Å². The molecule has 0 aromatic heterocycles. The number of carbonyl (C=O) groups is 2. The highest BCUT2D eigenvalue weighted by atomic mass is 16.2. The molecule has 2 rings (SSSR count). The topological polar surface area (TPSA) is 61.4 Å². The minimum atomic E-state index is -0.245. The van der Waals surface area contributed by atoms with Gasteiger partial charge in [0.2, 0.25) is 5.91 Å². The molecular formula is C20H25N3O2. The number of hydrogen-bond acceptors (Lipinski definition) is 3. The van der Waals surface area contributed by atoms with E-state index in [9.17, 15) is 9.59 Å². The average molecular weight is 339 g/mol. The van der Waals surface area contributed by atoms with Crippen LogP contribution >= 0.6 is 0 Å². The second kappa shape index (κ2) is 9.47. The first-order valence-electron chi connectivity index (χ1n) is 8.51. The van der Waals surface area contributed by atoms with Crippen LogP contribution in [0, 0.1) is 6.92 Å². The summed E-state index contributed by atoms with van der Waals surface area (Å²) in [5.74, 6) is -0.435. The van der Waals surface area contributed by atoms with Crippen LogP contribution in [0.4, 0.5) is 5.69 Å². The van der Waals surface area contributed by atoms with Crippen LogP contribution < -0.4 is 15.5 Å². The predicted octanol–water partition coefficient (Wildman–Crippen LogP) is 2.37. The first-order chi connectivity index (χ1) is 12.1. The highest BCUT2D eigenvalue weighted by Gasteiger charge is 2.08. The van der Waals surface area contributed by atoms with Crippen molar-refractivity contribution in [3.05, 3.63) is 65.7 Å². The van der Waals surface area contributed by atoms with Crippen LogP contribution in [0.3, 0.4) is 0 Å². The fourth-order valence-electron chi connectivity index (χ4n) is 2.54. The van der Waals surface area contributed by atoms with Crippen LogP contribution in [0.25, 0.3) is 0 Å². The SMILES string of the molecule is CCN(CCNC(=O)CNC(=O)c1ccccc1)c1cccc(C)c1. The summed E-state index contributed by atoms with van der Waals surface area (Å²) >= 11 is 0. The van der Waals surface area contributed by atoms with Crippen molar-refractivity contribution in [1.29, 1.82) is 0 Å². The zero-order valence-corrected chi connectivity index (χ0v) is 14.8. The number of nitrogens with zero attached hydrogens (tertiary/aromatic N) is 1. The van der Waals surface area contributed by atoms with Gasteiger partial charge in [-0.25, -0.2) is 0 Å². The second-order valence-electron chi connectivity index (χ2n) is 5.82. The van der Waals surface area contributed by atoms with Crippen LogP contribution in [-0.2, 0) is 4.79 Å². The van der Waals surface area contributed by atoms with Crippen LogP contribution in [-0.4, -0.2) is 38.0 Å². The third kappa shape index (κ3) is 5.95. The van der Waals surface area contributed by atoms with E-state index in [0.717, 1.165) is 18.8 Å². The molecule has 0 aliphatic carbocycles. The molecule has 2 aromatic rings. The molecule has 0 heterocycles. The van der Waals surface area contributed by atoms with Gasteiger partial charge in [0.1, 0.15) is 0 Å². The highest BCUT2D eigenvalue weighted by molar-refractivity contribution is 5.96. The number of likely N-dealkylation sites (N-methyl/N-ethyl adjacent to an activating group) is 1. The van der Waals surface area contributed by atoms with Gasteiger partial charge in [0.05, 0.1) is 6.54 Å². The van der Waals surface area contributed by atoms with Gasteiger partial charge < -0.3 is 15.5 Å². The summed E-state index contributed by atoms with van der Waals surface area (Å²) in [5, 5.41) is 5.47. The fraction of sp³-hybridized carbons (Fsp3) is 0.300. The molecule has 0 radical (unpaired) electrons. The molecule has 2 N–H and O–H groups in total. The Morgan fingerprint density at radius 1 is 1.00 bits per heavy atom. The Bertz CT molecular complexity index is 701. The zero-order chi connectivity index (χ0) is 18.1. The van der Waals surface area contributed by atoms with Crippen LogP contribution in [0.15, 0.2) is 54.6 Å². The molecule has 0 spiro atoms. The van der Waals surface area contributed by atoms with Gasteiger partial charge in [-0.05, 0) is 43.7 Å². The van der Waals surface area contributed by atoms with Crippen LogP contribution in [0.1, 0.15) is 22.8 Å². The third-order valence-corrected chi connectivity index (χ3v) is 3.90. The van der Waals surface area contributed by atoms with Gasteiger partial charge >= 0.3 is 0 Å². The van der Waals surface area contributed by atoms with Gasteiger partial charge in [0, 0.05) is 30.9 Å². The first kappa shape index (κ1) is 18.5. The lowest BCUT2D eigenvalue weighted by molar-refractivity contribution is -0.120. The average Bonchev–Trinajstić information content (AvgIpc) is 2.64. The molecule has 2 amide bonds. The molecule has 0 atom stereocenters. The molecule has 0 aliphatic heterocycles. The molecule has 0 aliphatic rings. The number of hydrogen-bond donors (Lipinski definition) is 2. The summed E-state index contributed by atoms with van der Waals surface area (Å²) in [4.78, 5) is 26.0. The number of anilines is 1. The summed E-state index contributed by atoms with van der Waals surface area (Å²) < 4.78 is 0. The smallest absolute Gasteiger partial charge is 0.251 e. The molecule has 132 valence electrons. The molecule has 5 nitrogen and oxygen atoms in total. The Morgan fingerprint density at radius 3 is 2.44 bits per heavy atom. The monoisotopic (exact) mass is 339 g/mol. The van der Waals surface area contributed by atoms with Crippen LogP contribution in [0.2, 0.25) is 0 Å². The lowest BCUT2D eigenvalue weighted by Crippen LogP contribution is -2.40. The summed E-state index contributed by atoms with van der Waals surface area (Å²) in [6.45, 7) is 6.24. The van der Waals surface area contributed by atoms with Gasteiger partial charge in [-0.3, -0.25) is 9.59 Å². The fourth-order valence-corrected chi connectivity index (χ4v) is 2.54. The number of nitrogens with one attached hydrogen (secondary N) is 2. The number of rotatable bonds is 8. The molecule has 0 fully saturated rings. The second-order valence-corrected chi connectivity index (χ2v) is 5.82. The lowest BCUT2D eigenvalue weighted by Gasteiger charge is -2.23. The standard InChI is InChI=1S/C20H25N3O2/c1-3-23(18-11-7-8-16(2)14-18)13-12-21-19(24)15-22-20(25)17-9-5-4-6-10-17/h4-11,14H,3,12-13,15H2,1-2H3,(H,21,24)(H,22,25). The largest absolute Gasteiger partial charge is 0.370 e. The van der Waals surface area contributed by atoms with Crippen molar-refractivity contribution in [2.45, 2.75) is 13.8 Å². The maximum Gasteiger partial charge on any atom is 0.251 e.